The minimum atomic E-state index is -0.405. The highest BCUT2D eigenvalue weighted by Crippen LogP contribution is 2.38. The summed E-state index contributed by atoms with van der Waals surface area (Å²) in [7, 11) is 1.37. The van der Waals surface area contributed by atoms with E-state index >= 15 is 0 Å². The lowest BCUT2D eigenvalue weighted by Crippen LogP contribution is -2.17. The van der Waals surface area contributed by atoms with Gasteiger partial charge in [0, 0.05) is 22.9 Å². The molecule has 2 aromatic heterocycles. The third kappa shape index (κ3) is 6.78. The second-order valence-corrected chi connectivity index (χ2v) is 11.4. The van der Waals surface area contributed by atoms with E-state index in [1.165, 1.54) is 30.2 Å². The van der Waals surface area contributed by atoms with Crippen LogP contribution in [0.25, 0.3) is 0 Å². The number of thiophene rings is 1. The van der Waals surface area contributed by atoms with Gasteiger partial charge in [-0.05, 0) is 68.4 Å². The van der Waals surface area contributed by atoms with Crippen LogP contribution in [0.4, 0.5) is 5.00 Å². The normalized spacial score (nSPS) is 12.6. The number of hydrogen-bond donors (Lipinski definition) is 1. The van der Waals surface area contributed by atoms with Crippen LogP contribution in [-0.2, 0) is 35.3 Å². The predicted molar refractivity (Wildman–Crippen MR) is 152 cm³/mol. The molecule has 1 aliphatic carbocycles. The number of anilines is 1. The van der Waals surface area contributed by atoms with Gasteiger partial charge in [0.2, 0.25) is 5.91 Å². The van der Waals surface area contributed by atoms with Gasteiger partial charge in [-0.1, -0.05) is 29.4 Å². The molecule has 38 heavy (non-hydrogen) atoms. The van der Waals surface area contributed by atoms with Crippen LogP contribution in [0.5, 0.6) is 5.75 Å². The molecule has 0 saturated carbocycles. The van der Waals surface area contributed by atoms with Crippen LogP contribution in [-0.4, -0.2) is 46.1 Å². The number of benzene rings is 1. The van der Waals surface area contributed by atoms with Crippen LogP contribution in [0.2, 0.25) is 5.02 Å². The molecule has 3 aromatic rings. The Labute approximate surface area is 235 Å². The first-order valence-electron chi connectivity index (χ1n) is 12.5. The number of rotatable bonds is 12. The molecule has 0 unspecified atom stereocenters. The zero-order valence-electron chi connectivity index (χ0n) is 21.5. The van der Waals surface area contributed by atoms with Crippen LogP contribution in [0.1, 0.15) is 51.4 Å². The number of nitrogens with zero attached hydrogens (tertiary/aromatic N) is 3. The number of allylic oxidation sites excluding steroid dienone is 1. The van der Waals surface area contributed by atoms with Gasteiger partial charge >= 0.3 is 5.97 Å². The Morgan fingerprint density at radius 2 is 2.11 bits per heavy atom. The molecule has 0 radical (unpaired) electrons. The molecule has 0 spiro atoms. The third-order valence-electron chi connectivity index (χ3n) is 6.19. The number of fused-ring (bicyclic) bond motifs is 1. The maximum absolute atomic E-state index is 12.9. The monoisotopic (exact) mass is 574 g/mol. The molecule has 202 valence electrons. The van der Waals surface area contributed by atoms with Gasteiger partial charge in [-0.25, -0.2) is 4.79 Å². The zero-order valence-corrected chi connectivity index (χ0v) is 23.9. The van der Waals surface area contributed by atoms with Gasteiger partial charge in [-0.15, -0.1) is 28.1 Å². The Morgan fingerprint density at radius 3 is 2.87 bits per heavy atom. The van der Waals surface area contributed by atoms with Gasteiger partial charge in [0.25, 0.3) is 0 Å². The molecule has 8 nitrogen and oxygen atoms in total. The number of esters is 1. The maximum atomic E-state index is 12.9. The number of halogens is 1. The summed E-state index contributed by atoms with van der Waals surface area (Å²) in [5.41, 5.74) is 2.51. The van der Waals surface area contributed by atoms with Crippen molar-refractivity contribution in [3.63, 3.8) is 0 Å². The summed E-state index contributed by atoms with van der Waals surface area (Å²) in [6.07, 6.45) is 7.08. The Morgan fingerprint density at radius 1 is 1.29 bits per heavy atom. The summed E-state index contributed by atoms with van der Waals surface area (Å²) >= 11 is 8.79. The number of carbonyl (C=O) groups excluding carboxylic acids is 2. The molecule has 0 aliphatic heterocycles. The molecule has 0 saturated heterocycles. The van der Waals surface area contributed by atoms with Crippen molar-refractivity contribution >= 4 is 51.6 Å². The summed E-state index contributed by atoms with van der Waals surface area (Å²) in [6, 6.07) is 5.56. The molecule has 1 N–H and O–H groups in total. The van der Waals surface area contributed by atoms with Crippen molar-refractivity contribution in [2.75, 3.05) is 24.8 Å². The number of carbonyl (C=O) groups is 2. The van der Waals surface area contributed by atoms with E-state index in [0.717, 1.165) is 59.7 Å². The smallest absolute Gasteiger partial charge is 0.341 e. The quantitative estimate of drug-likeness (QED) is 0.125. The highest BCUT2D eigenvalue weighted by Gasteiger charge is 2.27. The minimum absolute atomic E-state index is 0.136. The van der Waals surface area contributed by atoms with E-state index in [0.29, 0.717) is 40.3 Å². The van der Waals surface area contributed by atoms with Gasteiger partial charge in [0.15, 0.2) is 5.16 Å². The second-order valence-electron chi connectivity index (χ2n) is 8.90. The van der Waals surface area contributed by atoms with Gasteiger partial charge in [-0.2, -0.15) is 0 Å². The fourth-order valence-corrected chi connectivity index (χ4v) is 6.66. The fraction of sp³-hybridized carbons (Fsp3) is 0.407. The molecule has 1 aromatic carbocycles. The van der Waals surface area contributed by atoms with Crippen molar-refractivity contribution in [2.24, 2.45) is 0 Å². The Hall–Kier alpha value is -2.82. The Kier molecular flexibility index (Phi) is 9.87. The first-order chi connectivity index (χ1) is 18.4. The molecule has 1 amide bonds. The van der Waals surface area contributed by atoms with E-state index < -0.39 is 5.97 Å². The molecule has 1 aliphatic rings. The average Bonchev–Trinajstić information content (AvgIpc) is 3.46. The number of methoxy groups -OCH3 is 1. The highest BCUT2D eigenvalue weighted by atomic mass is 35.5. The van der Waals surface area contributed by atoms with Gasteiger partial charge in [0.1, 0.15) is 16.6 Å². The summed E-state index contributed by atoms with van der Waals surface area (Å²) in [5.74, 6) is 1.14. The molecule has 2 heterocycles. The standard InChI is InChI=1S/C27H31ClN4O4S2/c1-4-13-32-22(10-7-14-36-20-12-11-18(28)15-17(20)2)30-31-27(32)37-16-23(33)29-25-24(26(34)35-3)19-8-5-6-9-21(19)38-25/h4,11-12,15H,1,5-10,13-14,16H2,2-3H3,(H,29,33). The summed E-state index contributed by atoms with van der Waals surface area (Å²) in [4.78, 5) is 26.5. The van der Waals surface area contributed by atoms with E-state index in [9.17, 15) is 9.59 Å². The van der Waals surface area contributed by atoms with Crippen LogP contribution >= 0.6 is 34.7 Å². The van der Waals surface area contributed by atoms with Crippen LogP contribution in [0.15, 0.2) is 36.0 Å². The van der Waals surface area contributed by atoms with E-state index in [-0.39, 0.29) is 11.7 Å². The lowest BCUT2D eigenvalue weighted by atomic mass is 9.95. The molecule has 4 rings (SSSR count). The predicted octanol–water partition coefficient (Wildman–Crippen LogP) is 5.90. The van der Waals surface area contributed by atoms with E-state index in [1.807, 2.05) is 29.7 Å². The van der Waals surface area contributed by atoms with Gasteiger partial charge in [0.05, 0.1) is 25.0 Å². The molecule has 11 heteroatoms. The number of amides is 1. The Bertz CT molecular complexity index is 1320. The summed E-state index contributed by atoms with van der Waals surface area (Å²) in [6.45, 7) is 6.87. The maximum Gasteiger partial charge on any atom is 0.341 e. The number of hydrogen-bond acceptors (Lipinski definition) is 8. The van der Waals surface area contributed by atoms with Crippen molar-refractivity contribution in [2.45, 2.75) is 57.1 Å². The number of aromatic nitrogens is 3. The molecule has 0 fully saturated rings. The summed E-state index contributed by atoms with van der Waals surface area (Å²) < 4.78 is 12.9. The first-order valence-corrected chi connectivity index (χ1v) is 14.7. The number of aryl methyl sites for hydroxylation is 3. The minimum Gasteiger partial charge on any atom is -0.493 e. The molecular weight excluding hydrogens is 544 g/mol. The second kappa shape index (κ2) is 13.3. The Balaban J connectivity index is 1.35. The SMILES string of the molecule is C=CCn1c(CCCOc2ccc(Cl)cc2C)nnc1SCC(=O)Nc1sc2c(c1C(=O)OC)CCCC2. The largest absolute Gasteiger partial charge is 0.493 e. The lowest BCUT2D eigenvalue weighted by Gasteiger charge is -2.12. The van der Waals surface area contributed by atoms with Crippen molar-refractivity contribution in [3.05, 3.63) is 63.3 Å². The third-order valence-corrected chi connectivity index (χ3v) is 8.60. The number of ether oxygens (including phenoxy) is 2. The van der Waals surface area contributed by atoms with Crippen molar-refractivity contribution in [1.29, 1.82) is 0 Å². The fourth-order valence-electron chi connectivity index (χ4n) is 4.38. The highest BCUT2D eigenvalue weighted by molar-refractivity contribution is 7.99. The molecule has 0 bridgehead atoms. The average molecular weight is 575 g/mol. The molecule has 0 atom stereocenters. The topological polar surface area (TPSA) is 95.3 Å². The summed E-state index contributed by atoms with van der Waals surface area (Å²) in [5, 5.41) is 13.5. The van der Waals surface area contributed by atoms with Crippen LogP contribution in [0.3, 0.4) is 0 Å². The van der Waals surface area contributed by atoms with Crippen LogP contribution < -0.4 is 10.1 Å². The van der Waals surface area contributed by atoms with E-state index in [1.54, 1.807) is 6.08 Å². The zero-order chi connectivity index (χ0) is 27.1. The van der Waals surface area contributed by atoms with Crippen molar-refractivity contribution < 1.29 is 19.1 Å². The van der Waals surface area contributed by atoms with Crippen molar-refractivity contribution in [3.8, 4) is 5.75 Å². The lowest BCUT2D eigenvalue weighted by molar-refractivity contribution is -0.113. The van der Waals surface area contributed by atoms with E-state index in [4.69, 9.17) is 21.1 Å². The number of thioether (sulfide) groups is 1. The first kappa shape index (κ1) is 28.2. The molecular formula is C27H31ClN4O4S2. The van der Waals surface area contributed by atoms with Gasteiger partial charge < -0.3 is 19.4 Å². The number of nitrogens with one attached hydrogen (secondary N) is 1. The van der Waals surface area contributed by atoms with Crippen molar-refractivity contribution in [1.82, 2.24) is 14.8 Å². The van der Waals surface area contributed by atoms with Crippen LogP contribution in [0, 0.1) is 6.92 Å². The van der Waals surface area contributed by atoms with E-state index in [2.05, 4.69) is 22.1 Å². The van der Waals surface area contributed by atoms with Gasteiger partial charge in [-0.3, -0.25) is 4.79 Å².